The molecule has 2 aliphatic rings. The molecule has 0 bridgehead atoms. The molecule has 2 atom stereocenters. The zero-order chi connectivity index (χ0) is 13.9. The third-order valence-corrected chi connectivity index (χ3v) is 3.84. The number of hydrogen-bond acceptors (Lipinski definition) is 4. The van der Waals surface area contributed by atoms with Crippen molar-refractivity contribution in [1.82, 2.24) is 5.32 Å². The molecule has 2 unspecified atom stereocenters. The molecule has 0 spiro atoms. The number of benzene rings is 1. The molecule has 5 nitrogen and oxygen atoms in total. The van der Waals surface area contributed by atoms with Gasteiger partial charge >= 0.3 is 0 Å². The van der Waals surface area contributed by atoms with Crippen molar-refractivity contribution in [3.63, 3.8) is 0 Å². The zero-order valence-corrected chi connectivity index (χ0v) is 11.6. The predicted octanol–water partition coefficient (Wildman–Crippen LogP) is 1.18. The summed E-state index contributed by atoms with van der Waals surface area (Å²) in [6.45, 7) is 4.69. The number of likely N-dealkylation sites (N-methyl/N-ethyl adjacent to an activating group) is 1. The van der Waals surface area contributed by atoms with E-state index in [-0.39, 0.29) is 17.9 Å². The Hall–Kier alpha value is -1.59. The van der Waals surface area contributed by atoms with Gasteiger partial charge in [-0.1, -0.05) is 6.92 Å². The number of rotatable bonds is 4. The Labute approximate surface area is 118 Å². The molecule has 0 radical (unpaired) electrons. The molecule has 1 aromatic rings. The second kappa shape index (κ2) is 5.81. The van der Waals surface area contributed by atoms with Crippen molar-refractivity contribution in [1.29, 1.82) is 0 Å². The maximum atomic E-state index is 12.3. The van der Waals surface area contributed by atoms with Crippen LogP contribution in [0.25, 0.3) is 0 Å². The van der Waals surface area contributed by atoms with E-state index in [1.165, 1.54) is 0 Å². The summed E-state index contributed by atoms with van der Waals surface area (Å²) in [5.74, 6) is 0.824. The van der Waals surface area contributed by atoms with Crippen LogP contribution in [0.2, 0.25) is 0 Å². The van der Waals surface area contributed by atoms with Gasteiger partial charge in [0, 0.05) is 18.2 Å². The highest BCUT2D eigenvalue weighted by Crippen LogP contribution is 2.28. The lowest BCUT2D eigenvalue weighted by Crippen LogP contribution is -2.41. The van der Waals surface area contributed by atoms with Crippen LogP contribution in [0.3, 0.4) is 0 Å². The van der Waals surface area contributed by atoms with E-state index in [2.05, 4.69) is 10.6 Å². The normalized spacial score (nSPS) is 24.2. The number of fused-ring (bicyclic) bond motifs is 1. The highest BCUT2D eigenvalue weighted by Gasteiger charge is 2.33. The minimum Gasteiger partial charge on any atom is -0.493 e. The first kappa shape index (κ1) is 13.4. The number of ether oxygens (including phenoxy) is 2. The monoisotopic (exact) mass is 276 g/mol. The minimum absolute atomic E-state index is 0.0207. The molecule has 0 saturated carbocycles. The van der Waals surface area contributed by atoms with Crippen LogP contribution in [0.5, 0.6) is 5.75 Å². The number of anilines is 1. The molecule has 0 aromatic heterocycles. The van der Waals surface area contributed by atoms with E-state index in [1.54, 1.807) is 0 Å². The van der Waals surface area contributed by atoms with Crippen LogP contribution in [0, 0.1) is 5.92 Å². The Kier molecular flexibility index (Phi) is 3.89. The van der Waals surface area contributed by atoms with Crippen LogP contribution in [-0.2, 0) is 16.0 Å². The minimum atomic E-state index is -0.126. The number of carbonyl (C=O) groups is 1. The van der Waals surface area contributed by atoms with E-state index in [1.807, 2.05) is 25.1 Å². The van der Waals surface area contributed by atoms with Crippen LogP contribution in [0.15, 0.2) is 18.2 Å². The molecule has 2 heterocycles. The molecule has 20 heavy (non-hydrogen) atoms. The topological polar surface area (TPSA) is 59.6 Å². The van der Waals surface area contributed by atoms with Crippen LogP contribution in [0.1, 0.15) is 12.5 Å². The summed E-state index contributed by atoms with van der Waals surface area (Å²) in [5, 5.41) is 6.28. The van der Waals surface area contributed by atoms with E-state index in [0.717, 1.165) is 36.6 Å². The lowest BCUT2D eigenvalue weighted by Gasteiger charge is -2.18. The van der Waals surface area contributed by atoms with Gasteiger partial charge in [0.1, 0.15) is 5.75 Å². The Morgan fingerprint density at radius 1 is 1.40 bits per heavy atom. The first-order valence-electron chi connectivity index (χ1n) is 7.15. The Bertz CT molecular complexity index is 504. The van der Waals surface area contributed by atoms with Gasteiger partial charge in [-0.2, -0.15) is 0 Å². The summed E-state index contributed by atoms with van der Waals surface area (Å²) in [7, 11) is 0. The molecule has 108 valence electrons. The van der Waals surface area contributed by atoms with Gasteiger partial charge in [0.25, 0.3) is 0 Å². The average Bonchev–Trinajstić information content (AvgIpc) is 3.07. The van der Waals surface area contributed by atoms with Crippen LogP contribution in [-0.4, -0.2) is 38.3 Å². The van der Waals surface area contributed by atoms with Crippen molar-refractivity contribution >= 4 is 11.6 Å². The summed E-state index contributed by atoms with van der Waals surface area (Å²) >= 11 is 0. The summed E-state index contributed by atoms with van der Waals surface area (Å²) in [4.78, 5) is 12.3. The molecule has 2 aliphatic heterocycles. The fourth-order valence-corrected chi connectivity index (χ4v) is 2.78. The van der Waals surface area contributed by atoms with E-state index in [4.69, 9.17) is 9.47 Å². The molecule has 3 rings (SSSR count). The van der Waals surface area contributed by atoms with Crippen molar-refractivity contribution in [2.24, 2.45) is 5.92 Å². The first-order chi connectivity index (χ1) is 9.78. The van der Waals surface area contributed by atoms with Crippen LogP contribution in [0.4, 0.5) is 5.69 Å². The number of nitrogens with one attached hydrogen (secondary N) is 2. The largest absolute Gasteiger partial charge is 0.493 e. The molecule has 0 aliphatic carbocycles. The van der Waals surface area contributed by atoms with E-state index in [0.29, 0.717) is 13.2 Å². The molecular weight excluding hydrogens is 256 g/mol. The molecule has 1 aromatic carbocycles. The fourth-order valence-electron chi connectivity index (χ4n) is 2.78. The van der Waals surface area contributed by atoms with Gasteiger partial charge < -0.3 is 20.1 Å². The number of amides is 1. The molecule has 1 amide bonds. The second-order valence-corrected chi connectivity index (χ2v) is 5.22. The SMILES string of the molecule is CCNC1COCC1C(=O)Nc1ccc2c(c1)CCO2. The molecule has 1 fully saturated rings. The Morgan fingerprint density at radius 3 is 3.15 bits per heavy atom. The van der Waals surface area contributed by atoms with E-state index >= 15 is 0 Å². The Morgan fingerprint density at radius 2 is 2.30 bits per heavy atom. The smallest absolute Gasteiger partial charge is 0.231 e. The summed E-state index contributed by atoms with van der Waals surface area (Å²) in [5.41, 5.74) is 2.00. The second-order valence-electron chi connectivity index (χ2n) is 5.22. The lowest BCUT2D eigenvalue weighted by molar-refractivity contribution is -0.120. The fraction of sp³-hybridized carbons (Fsp3) is 0.533. The van der Waals surface area contributed by atoms with Gasteiger partial charge in [0.05, 0.1) is 25.7 Å². The number of hydrogen-bond donors (Lipinski definition) is 2. The third kappa shape index (κ3) is 2.64. The molecule has 1 saturated heterocycles. The molecule has 5 heteroatoms. The van der Waals surface area contributed by atoms with Crippen molar-refractivity contribution in [3.05, 3.63) is 23.8 Å². The van der Waals surface area contributed by atoms with Crippen molar-refractivity contribution < 1.29 is 14.3 Å². The van der Waals surface area contributed by atoms with Gasteiger partial charge in [-0.05, 0) is 30.3 Å². The van der Waals surface area contributed by atoms with Gasteiger partial charge in [-0.15, -0.1) is 0 Å². The van der Waals surface area contributed by atoms with E-state index < -0.39 is 0 Å². The van der Waals surface area contributed by atoms with Crippen molar-refractivity contribution in [3.8, 4) is 5.75 Å². The van der Waals surface area contributed by atoms with Crippen molar-refractivity contribution in [2.75, 3.05) is 31.7 Å². The Balaban J connectivity index is 1.66. The first-order valence-corrected chi connectivity index (χ1v) is 7.15. The maximum Gasteiger partial charge on any atom is 0.231 e. The highest BCUT2D eigenvalue weighted by molar-refractivity contribution is 5.93. The third-order valence-electron chi connectivity index (χ3n) is 3.84. The molecular formula is C15H20N2O3. The zero-order valence-electron chi connectivity index (χ0n) is 11.6. The van der Waals surface area contributed by atoms with Gasteiger partial charge in [0.15, 0.2) is 0 Å². The molecule has 2 N–H and O–H groups in total. The van der Waals surface area contributed by atoms with Crippen LogP contribution >= 0.6 is 0 Å². The average molecular weight is 276 g/mol. The highest BCUT2D eigenvalue weighted by atomic mass is 16.5. The van der Waals surface area contributed by atoms with Crippen molar-refractivity contribution in [2.45, 2.75) is 19.4 Å². The lowest BCUT2D eigenvalue weighted by atomic mass is 10.0. The van der Waals surface area contributed by atoms with E-state index in [9.17, 15) is 4.79 Å². The maximum absolute atomic E-state index is 12.3. The summed E-state index contributed by atoms with van der Waals surface area (Å²) in [6.07, 6.45) is 0.908. The van der Waals surface area contributed by atoms with Gasteiger partial charge in [0.2, 0.25) is 5.91 Å². The number of carbonyl (C=O) groups excluding carboxylic acids is 1. The summed E-state index contributed by atoms with van der Waals surface area (Å²) in [6, 6.07) is 5.92. The van der Waals surface area contributed by atoms with Gasteiger partial charge in [-0.25, -0.2) is 0 Å². The predicted molar refractivity (Wildman–Crippen MR) is 76.0 cm³/mol. The summed E-state index contributed by atoms with van der Waals surface area (Å²) < 4.78 is 10.9. The standard InChI is InChI=1S/C15H20N2O3/c1-2-16-13-9-19-8-12(13)15(18)17-11-3-4-14-10(7-11)5-6-20-14/h3-4,7,12-13,16H,2,5-6,8-9H2,1H3,(H,17,18). The van der Waals surface area contributed by atoms with Gasteiger partial charge in [-0.3, -0.25) is 4.79 Å². The quantitative estimate of drug-likeness (QED) is 0.867. The van der Waals surface area contributed by atoms with Crippen LogP contribution < -0.4 is 15.4 Å².